The van der Waals surface area contributed by atoms with E-state index in [9.17, 15) is 4.79 Å². The number of rotatable bonds is 7. The number of nitrogens with zero attached hydrogens (tertiary/aromatic N) is 4. The van der Waals surface area contributed by atoms with Gasteiger partial charge in [0.15, 0.2) is 5.69 Å². The van der Waals surface area contributed by atoms with Crippen LogP contribution in [0, 0.1) is 6.92 Å². The van der Waals surface area contributed by atoms with Gasteiger partial charge in [0.1, 0.15) is 24.4 Å². The van der Waals surface area contributed by atoms with Crippen LogP contribution in [0.5, 0.6) is 5.75 Å². The average molecular weight is 493 g/mol. The minimum Gasteiger partial charge on any atom is -0.489 e. The molecule has 164 valence electrons. The highest BCUT2D eigenvalue weighted by molar-refractivity contribution is 6.35. The fraction of sp³-hybridized carbons (Fsp3) is 0.143. The molecule has 0 radical (unpaired) electrons. The van der Waals surface area contributed by atoms with Crippen molar-refractivity contribution in [2.75, 3.05) is 5.32 Å². The number of amides is 1. The molecular formula is C21H16Cl3N5O3. The van der Waals surface area contributed by atoms with E-state index in [1.165, 1.54) is 6.33 Å². The molecule has 4 aromatic rings. The van der Waals surface area contributed by atoms with Gasteiger partial charge in [0.2, 0.25) is 5.95 Å². The van der Waals surface area contributed by atoms with E-state index in [1.54, 1.807) is 54.1 Å². The normalized spacial score (nSPS) is 10.9. The van der Waals surface area contributed by atoms with Gasteiger partial charge in [-0.25, -0.2) is 9.67 Å². The first-order valence-electron chi connectivity index (χ1n) is 9.37. The summed E-state index contributed by atoms with van der Waals surface area (Å²) in [6.07, 6.45) is 1.48. The Balaban J connectivity index is 1.43. The summed E-state index contributed by atoms with van der Waals surface area (Å²) in [7, 11) is 0. The van der Waals surface area contributed by atoms with E-state index in [-0.39, 0.29) is 18.2 Å². The number of hydrogen-bond acceptors (Lipinski definition) is 6. The largest absolute Gasteiger partial charge is 0.489 e. The minimum atomic E-state index is -0.520. The molecule has 4 rings (SSSR count). The molecule has 0 atom stereocenters. The minimum absolute atomic E-state index is 0.0787. The molecule has 32 heavy (non-hydrogen) atoms. The predicted octanol–water partition coefficient (Wildman–Crippen LogP) is 5.41. The monoisotopic (exact) mass is 491 g/mol. The predicted molar refractivity (Wildman–Crippen MR) is 121 cm³/mol. The van der Waals surface area contributed by atoms with Crippen LogP contribution in [0.25, 0.3) is 0 Å². The van der Waals surface area contributed by atoms with Crippen molar-refractivity contribution in [3.8, 4) is 5.75 Å². The van der Waals surface area contributed by atoms with Crippen molar-refractivity contribution in [3.63, 3.8) is 0 Å². The van der Waals surface area contributed by atoms with Crippen LogP contribution in [0.3, 0.4) is 0 Å². The van der Waals surface area contributed by atoms with Gasteiger partial charge in [-0.05, 0) is 42.8 Å². The third kappa shape index (κ3) is 5.21. The number of benzene rings is 2. The molecule has 2 aromatic carbocycles. The Kier molecular flexibility index (Phi) is 6.64. The molecule has 0 fully saturated rings. The van der Waals surface area contributed by atoms with Crippen LogP contribution < -0.4 is 10.1 Å². The fourth-order valence-corrected chi connectivity index (χ4v) is 3.51. The van der Waals surface area contributed by atoms with Crippen molar-refractivity contribution in [1.82, 2.24) is 19.9 Å². The maximum Gasteiger partial charge on any atom is 0.280 e. The highest BCUT2D eigenvalue weighted by atomic mass is 35.5. The SMILES string of the molecule is Cc1onc(C(=O)Nc2ncn(Cc3ccc(Cl)cc3Cl)n2)c1COc1cccc(Cl)c1. The molecule has 2 heterocycles. The summed E-state index contributed by atoms with van der Waals surface area (Å²) >= 11 is 18.1. The number of carbonyl (C=O) groups is 1. The van der Waals surface area contributed by atoms with Gasteiger partial charge in [-0.1, -0.05) is 52.1 Å². The maximum atomic E-state index is 12.7. The number of aromatic nitrogens is 4. The smallest absolute Gasteiger partial charge is 0.280 e. The second-order valence-corrected chi connectivity index (χ2v) is 8.05. The van der Waals surface area contributed by atoms with Crippen LogP contribution >= 0.6 is 34.8 Å². The molecule has 0 bridgehead atoms. The highest BCUT2D eigenvalue weighted by Crippen LogP contribution is 2.23. The summed E-state index contributed by atoms with van der Waals surface area (Å²) in [6.45, 7) is 2.14. The Hall–Kier alpha value is -3.07. The topological polar surface area (TPSA) is 95.1 Å². The van der Waals surface area contributed by atoms with E-state index in [4.69, 9.17) is 44.1 Å². The second kappa shape index (κ2) is 9.60. The number of ether oxygens (including phenoxy) is 1. The summed E-state index contributed by atoms with van der Waals surface area (Å²) in [5.41, 5.74) is 1.41. The van der Waals surface area contributed by atoms with Gasteiger partial charge in [0, 0.05) is 15.1 Å². The molecule has 0 aliphatic heterocycles. The number of hydrogen-bond donors (Lipinski definition) is 1. The zero-order valence-electron chi connectivity index (χ0n) is 16.7. The molecule has 0 spiro atoms. The van der Waals surface area contributed by atoms with E-state index < -0.39 is 5.91 Å². The molecule has 0 aliphatic carbocycles. The zero-order chi connectivity index (χ0) is 22.7. The summed E-state index contributed by atoms with van der Waals surface area (Å²) in [6, 6.07) is 12.1. The Morgan fingerprint density at radius 1 is 1.16 bits per heavy atom. The lowest BCUT2D eigenvalue weighted by molar-refractivity contribution is 0.101. The summed E-state index contributed by atoms with van der Waals surface area (Å²) in [5.74, 6) is 0.620. The van der Waals surface area contributed by atoms with Gasteiger partial charge in [-0.2, -0.15) is 0 Å². The molecule has 0 saturated carbocycles. The number of nitrogens with one attached hydrogen (secondary N) is 1. The van der Waals surface area contributed by atoms with Gasteiger partial charge in [0.05, 0.1) is 12.1 Å². The molecule has 0 unspecified atom stereocenters. The van der Waals surface area contributed by atoms with Gasteiger partial charge in [0.25, 0.3) is 5.91 Å². The van der Waals surface area contributed by atoms with Crippen LogP contribution in [-0.2, 0) is 13.2 Å². The van der Waals surface area contributed by atoms with E-state index in [2.05, 4.69) is 20.6 Å². The Morgan fingerprint density at radius 2 is 1.97 bits per heavy atom. The number of halogens is 3. The van der Waals surface area contributed by atoms with Crippen molar-refractivity contribution in [1.29, 1.82) is 0 Å². The van der Waals surface area contributed by atoms with Crippen LogP contribution in [0.15, 0.2) is 53.3 Å². The van der Waals surface area contributed by atoms with Crippen LogP contribution in [0.4, 0.5) is 5.95 Å². The molecule has 2 aromatic heterocycles. The molecule has 0 saturated heterocycles. The Morgan fingerprint density at radius 3 is 2.75 bits per heavy atom. The van der Waals surface area contributed by atoms with E-state index in [0.29, 0.717) is 38.7 Å². The van der Waals surface area contributed by atoms with Gasteiger partial charge >= 0.3 is 0 Å². The quantitative estimate of drug-likeness (QED) is 0.370. The zero-order valence-corrected chi connectivity index (χ0v) is 18.9. The van der Waals surface area contributed by atoms with E-state index in [0.717, 1.165) is 5.56 Å². The Labute approximate surface area is 198 Å². The molecular weight excluding hydrogens is 477 g/mol. The van der Waals surface area contributed by atoms with Gasteiger partial charge in [-0.3, -0.25) is 10.1 Å². The summed E-state index contributed by atoms with van der Waals surface area (Å²) < 4.78 is 12.5. The van der Waals surface area contributed by atoms with Crippen molar-refractivity contribution >= 4 is 46.7 Å². The highest BCUT2D eigenvalue weighted by Gasteiger charge is 2.21. The molecule has 11 heteroatoms. The lowest BCUT2D eigenvalue weighted by Crippen LogP contribution is -2.16. The Bertz CT molecular complexity index is 1270. The number of carbonyl (C=O) groups excluding carboxylic acids is 1. The van der Waals surface area contributed by atoms with Gasteiger partial charge in [-0.15, -0.1) is 5.10 Å². The van der Waals surface area contributed by atoms with Gasteiger partial charge < -0.3 is 9.26 Å². The number of anilines is 1. The summed E-state index contributed by atoms with van der Waals surface area (Å²) in [5, 5.41) is 12.3. The third-order valence-electron chi connectivity index (χ3n) is 4.49. The van der Waals surface area contributed by atoms with E-state index in [1.807, 2.05) is 0 Å². The number of aryl methyl sites for hydroxylation is 1. The van der Waals surface area contributed by atoms with Crippen molar-refractivity contribution in [2.24, 2.45) is 0 Å². The molecule has 0 aliphatic rings. The first-order chi connectivity index (χ1) is 15.4. The van der Waals surface area contributed by atoms with Crippen LogP contribution in [0.1, 0.15) is 27.4 Å². The van der Waals surface area contributed by atoms with Crippen LogP contribution in [0.2, 0.25) is 15.1 Å². The van der Waals surface area contributed by atoms with Crippen molar-refractivity contribution in [3.05, 3.63) is 86.4 Å². The second-order valence-electron chi connectivity index (χ2n) is 6.77. The lowest BCUT2D eigenvalue weighted by Gasteiger charge is -2.07. The summed E-state index contributed by atoms with van der Waals surface area (Å²) in [4.78, 5) is 16.8. The first-order valence-corrected chi connectivity index (χ1v) is 10.5. The van der Waals surface area contributed by atoms with Crippen molar-refractivity contribution < 1.29 is 14.1 Å². The maximum absolute atomic E-state index is 12.7. The van der Waals surface area contributed by atoms with E-state index >= 15 is 0 Å². The molecule has 1 N–H and O–H groups in total. The molecule has 8 nitrogen and oxygen atoms in total. The van der Waals surface area contributed by atoms with Crippen LogP contribution in [-0.4, -0.2) is 25.8 Å². The fourth-order valence-electron chi connectivity index (χ4n) is 2.87. The third-order valence-corrected chi connectivity index (χ3v) is 5.31. The average Bonchev–Trinajstić information content (AvgIpc) is 3.34. The van der Waals surface area contributed by atoms with Crippen molar-refractivity contribution in [2.45, 2.75) is 20.1 Å². The first kappa shape index (κ1) is 22.1. The lowest BCUT2D eigenvalue weighted by atomic mass is 10.2. The molecule has 1 amide bonds. The standard InChI is InChI=1S/C21H16Cl3N5O3/c1-12-17(10-31-16-4-2-3-14(22)7-16)19(28-32-12)20(30)26-21-25-11-29(27-21)9-13-5-6-15(23)8-18(13)24/h2-8,11H,9-10H2,1H3,(H,26,27,30).